The molecule has 6 nitrogen and oxygen atoms in total. The van der Waals surface area contributed by atoms with Crippen molar-refractivity contribution in [1.82, 2.24) is 15.1 Å². The van der Waals surface area contributed by atoms with Crippen LogP contribution in [0.4, 0.5) is 5.69 Å². The van der Waals surface area contributed by atoms with Crippen LogP contribution >= 0.6 is 24.0 Å². The number of nitrogens with zero attached hydrogens (tertiary/aromatic N) is 4. The van der Waals surface area contributed by atoms with Gasteiger partial charge in [0.1, 0.15) is 0 Å². The number of hydrogen-bond donors (Lipinski definition) is 1. The first kappa shape index (κ1) is 22.8. The van der Waals surface area contributed by atoms with Gasteiger partial charge >= 0.3 is 0 Å². The van der Waals surface area contributed by atoms with E-state index in [1.165, 1.54) is 5.69 Å². The molecule has 2 saturated heterocycles. The zero-order valence-corrected chi connectivity index (χ0v) is 20.1. The standard InChI is InChI=1S/C21H33N5O.HI/c1-20(2)16-26(21(20,3)4)19(22-5)23-15-18(27)25-13-11-24(12-14-25)17-9-7-6-8-10-17;/h6-10H,11-16H2,1-5H3,(H,22,23);1H. The van der Waals surface area contributed by atoms with Crippen LogP contribution in [0.5, 0.6) is 0 Å². The van der Waals surface area contributed by atoms with E-state index in [-0.39, 0.29) is 40.8 Å². The Labute approximate surface area is 186 Å². The molecular formula is C21H34IN5O. The van der Waals surface area contributed by atoms with Gasteiger partial charge < -0.3 is 20.0 Å². The second-order valence-corrected chi connectivity index (χ2v) is 8.63. The summed E-state index contributed by atoms with van der Waals surface area (Å²) in [7, 11) is 1.78. The van der Waals surface area contributed by atoms with Gasteiger partial charge in [-0.1, -0.05) is 32.0 Å². The molecule has 7 heteroatoms. The Morgan fingerprint density at radius 2 is 1.68 bits per heavy atom. The third-order valence-corrected chi connectivity index (χ3v) is 6.50. The molecule has 1 amide bonds. The van der Waals surface area contributed by atoms with E-state index in [4.69, 9.17) is 0 Å². The fourth-order valence-electron chi connectivity index (χ4n) is 3.81. The Bertz CT molecular complexity index is 696. The van der Waals surface area contributed by atoms with E-state index in [2.05, 4.69) is 72.1 Å². The molecule has 1 aromatic carbocycles. The Morgan fingerprint density at radius 1 is 1.07 bits per heavy atom. The van der Waals surface area contributed by atoms with Crippen LogP contribution in [0.3, 0.4) is 0 Å². The first-order valence-corrected chi connectivity index (χ1v) is 9.82. The molecule has 1 N–H and O–H groups in total. The molecule has 156 valence electrons. The maximum Gasteiger partial charge on any atom is 0.242 e. The number of carbonyl (C=O) groups excluding carboxylic acids is 1. The molecule has 2 aliphatic rings. The maximum atomic E-state index is 12.7. The number of halogens is 1. The molecule has 0 radical (unpaired) electrons. The highest BCUT2D eigenvalue weighted by Crippen LogP contribution is 2.46. The summed E-state index contributed by atoms with van der Waals surface area (Å²) in [6.07, 6.45) is 0. The Morgan fingerprint density at radius 3 is 2.18 bits per heavy atom. The number of amides is 1. The monoisotopic (exact) mass is 499 g/mol. The second kappa shape index (κ2) is 8.88. The van der Waals surface area contributed by atoms with E-state index in [9.17, 15) is 4.79 Å². The molecule has 3 rings (SSSR count). The normalized spacial score (nSPS) is 20.9. The Balaban J connectivity index is 0.00000280. The van der Waals surface area contributed by atoms with Gasteiger partial charge in [0, 0.05) is 56.4 Å². The quantitative estimate of drug-likeness (QED) is 0.395. The van der Waals surface area contributed by atoms with Crippen molar-refractivity contribution in [3.8, 4) is 0 Å². The molecule has 0 unspecified atom stereocenters. The summed E-state index contributed by atoms with van der Waals surface area (Å²) in [4.78, 5) is 23.6. The second-order valence-electron chi connectivity index (χ2n) is 8.63. The van der Waals surface area contributed by atoms with Crippen molar-refractivity contribution in [2.75, 3.05) is 51.2 Å². The number of rotatable bonds is 3. The summed E-state index contributed by atoms with van der Waals surface area (Å²) in [5.41, 5.74) is 1.49. The SMILES string of the molecule is CN=C(NCC(=O)N1CCN(c2ccccc2)CC1)N1CC(C)(C)C1(C)C.I. The summed E-state index contributed by atoms with van der Waals surface area (Å²) < 4.78 is 0. The number of nitrogens with one attached hydrogen (secondary N) is 1. The minimum Gasteiger partial charge on any atom is -0.368 e. The van der Waals surface area contributed by atoms with Gasteiger partial charge in [0.05, 0.1) is 6.54 Å². The fourth-order valence-corrected chi connectivity index (χ4v) is 3.81. The first-order chi connectivity index (χ1) is 12.8. The number of para-hydroxylation sites is 1. The first-order valence-electron chi connectivity index (χ1n) is 9.82. The van der Waals surface area contributed by atoms with E-state index in [0.29, 0.717) is 6.54 Å². The smallest absolute Gasteiger partial charge is 0.242 e. The zero-order valence-electron chi connectivity index (χ0n) is 17.7. The third-order valence-electron chi connectivity index (χ3n) is 6.50. The highest BCUT2D eigenvalue weighted by atomic mass is 127. The van der Waals surface area contributed by atoms with Crippen molar-refractivity contribution in [2.45, 2.75) is 33.2 Å². The molecule has 0 saturated carbocycles. The van der Waals surface area contributed by atoms with Gasteiger partial charge in [-0.2, -0.15) is 0 Å². The Kier molecular flexibility index (Phi) is 7.22. The van der Waals surface area contributed by atoms with Gasteiger partial charge in [0.2, 0.25) is 5.91 Å². The molecule has 0 aliphatic carbocycles. The number of benzene rings is 1. The molecule has 2 aliphatic heterocycles. The summed E-state index contributed by atoms with van der Waals surface area (Å²) in [5.74, 6) is 0.956. The predicted octanol–water partition coefficient (Wildman–Crippen LogP) is 2.65. The van der Waals surface area contributed by atoms with Crippen LogP contribution < -0.4 is 10.2 Å². The maximum absolute atomic E-state index is 12.7. The van der Waals surface area contributed by atoms with E-state index in [0.717, 1.165) is 38.7 Å². The van der Waals surface area contributed by atoms with Crippen LogP contribution in [0.1, 0.15) is 27.7 Å². The van der Waals surface area contributed by atoms with Crippen molar-refractivity contribution in [2.24, 2.45) is 10.4 Å². The molecule has 2 fully saturated rings. The van der Waals surface area contributed by atoms with Gasteiger partial charge in [-0.05, 0) is 26.0 Å². The molecular weight excluding hydrogens is 465 g/mol. The van der Waals surface area contributed by atoms with Crippen molar-refractivity contribution in [1.29, 1.82) is 0 Å². The minimum absolute atomic E-state index is 0. The number of aliphatic imine (C=N–C) groups is 1. The van der Waals surface area contributed by atoms with E-state index in [1.807, 2.05) is 11.0 Å². The number of likely N-dealkylation sites (tertiary alicyclic amines) is 1. The number of anilines is 1. The summed E-state index contributed by atoms with van der Waals surface area (Å²) >= 11 is 0. The van der Waals surface area contributed by atoms with Crippen LogP contribution in [0.2, 0.25) is 0 Å². The van der Waals surface area contributed by atoms with Gasteiger partial charge in [-0.3, -0.25) is 9.79 Å². The van der Waals surface area contributed by atoms with Crippen molar-refractivity contribution in [3.05, 3.63) is 30.3 Å². The van der Waals surface area contributed by atoms with E-state index < -0.39 is 0 Å². The number of piperazine rings is 1. The van der Waals surface area contributed by atoms with Crippen LogP contribution in [-0.4, -0.2) is 73.5 Å². The van der Waals surface area contributed by atoms with Crippen LogP contribution in [0.15, 0.2) is 35.3 Å². The molecule has 0 bridgehead atoms. The van der Waals surface area contributed by atoms with Crippen LogP contribution in [0, 0.1) is 5.41 Å². The zero-order chi connectivity index (χ0) is 19.7. The van der Waals surface area contributed by atoms with Gasteiger partial charge in [0.15, 0.2) is 5.96 Å². The molecule has 1 aromatic rings. The van der Waals surface area contributed by atoms with Crippen molar-refractivity contribution < 1.29 is 4.79 Å². The largest absolute Gasteiger partial charge is 0.368 e. The highest BCUT2D eigenvalue weighted by molar-refractivity contribution is 14.0. The van der Waals surface area contributed by atoms with E-state index >= 15 is 0 Å². The van der Waals surface area contributed by atoms with E-state index in [1.54, 1.807) is 7.05 Å². The average Bonchev–Trinajstić information content (AvgIpc) is 2.68. The molecule has 0 spiro atoms. The van der Waals surface area contributed by atoms with Gasteiger partial charge in [-0.25, -0.2) is 0 Å². The number of carbonyl (C=O) groups is 1. The number of guanidine groups is 1. The lowest BCUT2D eigenvalue weighted by Crippen LogP contribution is -2.72. The highest BCUT2D eigenvalue weighted by Gasteiger charge is 2.53. The molecule has 0 aromatic heterocycles. The lowest BCUT2D eigenvalue weighted by Gasteiger charge is -2.62. The fraction of sp³-hybridized carbons (Fsp3) is 0.619. The predicted molar refractivity (Wildman–Crippen MR) is 127 cm³/mol. The Hall–Kier alpha value is -1.51. The summed E-state index contributed by atoms with van der Waals surface area (Å²) in [5, 5.41) is 3.28. The molecule has 2 heterocycles. The van der Waals surface area contributed by atoms with Crippen molar-refractivity contribution in [3.63, 3.8) is 0 Å². The summed E-state index contributed by atoms with van der Waals surface area (Å²) in [6, 6.07) is 10.4. The third kappa shape index (κ3) is 4.39. The summed E-state index contributed by atoms with van der Waals surface area (Å²) in [6.45, 7) is 13.5. The van der Waals surface area contributed by atoms with Gasteiger partial charge in [0.25, 0.3) is 0 Å². The number of hydrogen-bond acceptors (Lipinski definition) is 3. The van der Waals surface area contributed by atoms with Gasteiger partial charge in [-0.15, -0.1) is 24.0 Å². The average molecular weight is 499 g/mol. The van der Waals surface area contributed by atoms with Crippen LogP contribution in [-0.2, 0) is 4.79 Å². The lowest BCUT2D eigenvalue weighted by molar-refractivity contribution is -0.130. The van der Waals surface area contributed by atoms with Crippen LogP contribution in [0.25, 0.3) is 0 Å². The topological polar surface area (TPSA) is 51.2 Å². The minimum atomic E-state index is 0. The molecule has 0 atom stereocenters. The lowest BCUT2D eigenvalue weighted by atomic mass is 9.65. The van der Waals surface area contributed by atoms with Crippen molar-refractivity contribution >= 4 is 41.5 Å². The molecule has 28 heavy (non-hydrogen) atoms.